The lowest BCUT2D eigenvalue weighted by molar-refractivity contribution is -0.387. The highest BCUT2D eigenvalue weighted by atomic mass is 32.1. The molecule has 0 aliphatic heterocycles. The molecule has 1 aromatic heterocycles. The van der Waals surface area contributed by atoms with Crippen LogP contribution in [0.3, 0.4) is 0 Å². The number of anilines is 1. The molecule has 0 unspecified atom stereocenters. The van der Waals surface area contributed by atoms with Crippen LogP contribution in [-0.2, 0) is 6.42 Å². The molecule has 0 spiro atoms. The topological polar surface area (TPSA) is 82.0 Å². The summed E-state index contributed by atoms with van der Waals surface area (Å²) in [5.41, 5.74) is 6.17. The Morgan fingerprint density at radius 1 is 1.62 bits per heavy atom. The minimum absolute atomic E-state index is 0.0353. The summed E-state index contributed by atoms with van der Waals surface area (Å²) in [6.45, 7) is 0. The van der Waals surface area contributed by atoms with E-state index in [4.69, 9.17) is 5.73 Å². The van der Waals surface area contributed by atoms with E-state index in [0.29, 0.717) is 10.8 Å². The van der Waals surface area contributed by atoms with Crippen molar-refractivity contribution in [3.8, 4) is 0 Å². The van der Waals surface area contributed by atoms with Gasteiger partial charge in [-0.3, -0.25) is 10.1 Å². The van der Waals surface area contributed by atoms with Crippen LogP contribution in [0, 0.1) is 16.0 Å². The maximum absolute atomic E-state index is 10.7. The summed E-state index contributed by atoms with van der Waals surface area (Å²) < 4.78 is 0. The average molecular weight is 239 g/mol. The molecule has 0 saturated heterocycles. The quantitative estimate of drug-likeness (QED) is 0.481. The van der Waals surface area contributed by atoms with Gasteiger partial charge in [0, 0.05) is 5.69 Å². The maximum atomic E-state index is 10.7. The van der Waals surface area contributed by atoms with Crippen LogP contribution in [0.4, 0.5) is 11.5 Å². The summed E-state index contributed by atoms with van der Waals surface area (Å²) in [6, 6.07) is 1.65. The molecule has 0 aromatic carbocycles. The minimum atomic E-state index is -0.544. The van der Waals surface area contributed by atoms with Gasteiger partial charge in [0.05, 0.1) is 9.82 Å². The second-order valence-corrected chi connectivity index (χ2v) is 4.61. The fourth-order valence-corrected chi connectivity index (χ4v) is 2.23. The Hall–Kier alpha value is -1.30. The monoisotopic (exact) mass is 239 g/mol. The first-order valence-electron chi connectivity index (χ1n) is 5.20. The van der Waals surface area contributed by atoms with Gasteiger partial charge in [-0.2, -0.15) is 0 Å². The molecule has 5 nitrogen and oxygen atoms in total. The molecule has 0 radical (unpaired) electrons. The third-order valence-electron chi connectivity index (χ3n) is 2.96. The van der Waals surface area contributed by atoms with E-state index in [2.05, 4.69) is 17.6 Å². The van der Waals surface area contributed by atoms with Crippen molar-refractivity contribution >= 4 is 24.1 Å². The number of aromatic nitrogens is 1. The highest BCUT2D eigenvalue weighted by Gasteiger charge is 2.22. The molecule has 1 aromatic rings. The average Bonchev–Trinajstić information content (AvgIpc) is 2.09. The van der Waals surface area contributed by atoms with Crippen molar-refractivity contribution < 1.29 is 4.92 Å². The lowest BCUT2D eigenvalue weighted by atomic mass is 9.82. The molecule has 0 bridgehead atoms. The third kappa shape index (κ3) is 2.11. The highest BCUT2D eigenvalue weighted by molar-refractivity contribution is 7.80. The summed E-state index contributed by atoms with van der Waals surface area (Å²) in [5, 5.41) is 10.7. The molecule has 1 aliphatic rings. The molecular formula is C10H13N3O2S. The van der Waals surface area contributed by atoms with Crippen molar-refractivity contribution in [2.45, 2.75) is 30.6 Å². The van der Waals surface area contributed by atoms with E-state index in [1.807, 2.05) is 0 Å². The normalized spacial score (nSPS) is 15.8. The number of thiol groups is 1. The first-order valence-corrected chi connectivity index (χ1v) is 5.65. The van der Waals surface area contributed by atoms with Gasteiger partial charge in [-0.15, -0.1) is 12.6 Å². The van der Waals surface area contributed by atoms with Crippen molar-refractivity contribution in [3.63, 3.8) is 0 Å². The molecule has 16 heavy (non-hydrogen) atoms. The molecule has 1 heterocycles. The Morgan fingerprint density at radius 2 is 2.31 bits per heavy atom. The second-order valence-electron chi connectivity index (χ2n) is 4.12. The molecule has 86 valence electrons. The van der Waals surface area contributed by atoms with Crippen LogP contribution in [-0.4, -0.2) is 9.91 Å². The molecule has 1 saturated carbocycles. The van der Waals surface area contributed by atoms with E-state index in [1.165, 1.54) is 19.3 Å². The zero-order valence-electron chi connectivity index (χ0n) is 8.72. The first-order chi connectivity index (χ1) is 7.58. The van der Waals surface area contributed by atoms with Gasteiger partial charge in [-0.1, -0.05) is 19.3 Å². The number of pyridine rings is 1. The van der Waals surface area contributed by atoms with Crippen molar-refractivity contribution in [1.29, 1.82) is 0 Å². The van der Waals surface area contributed by atoms with E-state index < -0.39 is 4.92 Å². The lowest BCUT2D eigenvalue weighted by Gasteiger charge is -2.24. The second kappa shape index (κ2) is 4.29. The van der Waals surface area contributed by atoms with E-state index >= 15 is 0 Å². The van der Waals surface area contributed by atoms with Gasteiger partial charge in [-0.05, 0) is 18.4 Å². The van der Waals surface area contributed by atoms with Crippen molar-refractivity contribution in [3.05, 3.63) is 21.9 Å². The molecule has 2 rings (SSSR count). The fraction of sp³-hybridized carbons (Fsp3) is 0.500. The van der Waals surface area contributed by atoms with Crippen LogP contribution in [0.25, 0.3) is 0 Å². The fourth-order valence-electron chi connectivity index (χ4n) is 1.88. The zero-order chi connectivity index (χ0) is 11.7. The summed E-state index contributed by atoms with van der Waals surface area (Å²) in [6.07, 6.45) is 4.53. The van der Waals surface area contributed by atoms with Gasteiger partial charge in [0.1, 0.15) is 0 Å². The molecule has 1 fully saturated rings. The van der Waals surface area contributed by atoms with Gasteiger partial charge in [0.25, 0.3) is 0 Å². The van der Waals surface area contributed by atoms with Crippen LogP contribution in [0.15, 0.2) is 11.0 Å². The van der Waals surface area contributed by atoms with Gasteiger partial charge in [0.2, 0.25) is 5.82 Å². The van der Waals surface area contributed by atoms with Crippen LogP contribution >= 0.6 is 12.6 Å². The van der Waals surface area contributed by atoms with Gasteiger partial charge in [0.15, 0.2) is 0 Å². The third-order valence-corrected chi connectivity index (χ3v) is 3.30. The Bertz CT molecular complexity index is 409. The first kappa shape index (κ1) is 11.2. The SMILES string of the molecule is Nc1nc(CC2CCC2)cc(S)c1[N+](=O)[O-]. The molecule has 6 heteroatoms. The largest absolute Gasteiger partial charge is 0.378 e. The summed E-state index contributed by atoms with van der Waals surface area (Å²) >= 11 is 4.08. The Kier molecular flexibility index (Phi) is 3.00. The van der Waals surface area contributed by atoms with Crippen LogP contribution in [0.2, 0.25) is 0 Å². The smallest absolute Gasteiger partial charge is 0.324 e. The Morgan fingerprint density at radius 3 is 2.75 bits per heavy atom. The number of hydrogen-bond donors (Lipinski definition) is 2. The predicted octanol–water partition coefficient (Wildman–Crippen LogP) is 2.20. The predicted molar refractivity (Wildman–Crippen MR) is 63.6 cm³/mol. The number of nitro groups is 1. The van der Waals surface area contributed by atoms with E-state index in [0.717, 1.165) is 12.1 Å². The van der Waals surface area contributed by atoms with Gasteiger partial charge in [-0.25, -0.2) is 4.98 Å². The van der Waals surface area contributed by atoms with Crippen LogP contribution < -0.4 is 5.73 Å². The van der Waals surface area contributed by atoms with E-state index in [1.54, 1.807) is 6.07 Å². The van der Waals surface area contributed by atoms with E-state index in [-0.39, 0.29) is 11.5 Å². The van der Waals surface area contributed by atoms with Gasteiger partial charge < -0.3 is 5.73 Å². The van der Waals surface area contributed by atoms with Crippen molar-refractivity contribution in [1.82, 2.24) is 4.98 Å². The summed E-state index contributed by atoms with van der Waals surface area (Å²) in [4.78, 5) is 14.5. The van der Waals surface area contributed by atoms with Gasteiger partial charge >= 0.3 is 5.69 Å². The van der Waals surface area contributed by atoms with Crippen molar-refractivity contribution in [2.24, 2.45) is 5.92 Å². The van der Waals surface area contributed by atoms with Crippen LogP contribution in [0.5, 0.6) is 0 Å². The summed E-state index contributed by atoms with van der Waals surface area (Å²) in [7, 11) is 0. The van der Waals surface area contributed by atoms with Crippen LogP contribution in [0.1, 0.15) is 25.0 Å². The summed E-state index contributed by atoms with van der Waals surface area (Å²) in [5.74, 6) is 0.618. The maximum Gasteiger partial charge on any atom is 0.324 e. The van der Waals surface area contributed by atoms with Crippen molar-refractivity contribution in [2.75, 3.05) is 5.73 Å². The molecule has 0 atom stereocenters. The number of nitrogens with zero attached hydrogens (tertiary/aromatic N) is 2. The zero-order valence-corrected chi connectivity index (χ0v) is 9.61. The van der Waals surface area contributed by atoms with E-state index in [9.17, 15) is 10.1 Å². The molecule has 2 N–H and O–H groups in total. The standard InChI is InChI=1S/C10H13N3O2S/c11-10-9(13(14)15)8(16)5-7(12-10)4-6-2-1-3-6/h5-6H,1-4H2,(H3,11,12,16). The molecule has 1 aliphatic carbocycles. The highest BCUT2D eigenvalue weighted by Crippen LogP contribution is 2.33. The lowest BCUT2D eigenvalue weighted by Crippen LogP contribution is -2.15. The molecule has 0 amide bonds. The number of nitrogens with two attached hydrogens (primary N) is 1. The number of rotatable bonds is 3. The number of hydrogen-bond acceptors (Lipinski definition) is 5. The Labute approximate surface area is 98.6 Å². The minimum Gasteiger partial charge on any atom is -0.378 e. The molecular weight excluding hydrogens is 226 g/mol. The Balaban J connectivity index is 2.25. The number of nitrogen functional groups attached to an aromatic ring is 1.